The van der Waals surface area contributed by atoms with Gasteiger partial charge in [0.1, 0.15) is 0 Å². The topological polar surface area (TPSA) is 61.4 Å². The van der Waals surface area contributed by atoms with E-state index in [4.69, 9.17) is 0 Å². The number of carbonyl (C=O) groups excluding carboxylic acids is 2. The summed E-state index contributed by atoms with van der Waals surface area (Å²) in [7, 11) is 0. The number of piperidine rings is 1. The molecule has 5 heteroatoms. The Bertz CT molecular complexity index is 825. The van der Waals surface area contributed by atoms with Gasteiger partial charge in [0, 0.05) is 24.7 Å². The van der Waals surface area contributed by atoms with Crippen molar-refractivity contribution >= 4 is 17.6 Å². The lowest BCUT2D eigenvalue weighted by atomic mass is 9.95. The van der Waals surface area contributed by atoms with Crippen molar-refractivity contribution in [3.05, 3.63) is 65.7 Å². The molecule has 2 aromatic rings. The van der Waals surface area contributed by atoms with E-state index in [0.717, 1.165) is 17.7 Å². The molecule has 2 N–H and O–H groups in total. The number of amides is 3. The first kappa shape index (κ1) is 21.9. The molecule has 160 valence electrons. The Kier molecular flexibility index (Phi) is 7.50. The zero-order valence-electron chi connectivity index (χ0n) is 18.2. The number of nitrogens with zero attached hydrogens (tertiary/aromatic N) is 1. The number of anilines is 1. The van der Waals surface area contributed by atoms with E-state index in [-0.39, 0.29) is 23.9 Å². The number of likely N-dealkylation sites (tertiary alicyclic amines) is 1. The van der Waals surface area contributed by atoms with E-state index in [1.807, 2.05) is 37.3 Å². The number of nitrogens with one attached hydrogen (secondary N) is 2. The van der Waals surface area contributed by atoms with Crippen molar-refractivity contribution in [2.45, 2.75) is 46.1 Å². The highest BCUT2D eigenvalue weighted by Gasteiger charge is 2.28. The number of rotatable bonds is 6. The number of benzene rings is 2. The molecule has 3 amide bonds. The number of carbonyl (C=O) groups is 2. The number of hydrogen-bond acceptors (Lipinski definition) is 2. The smallest absolute Gasteiger partial charge is 0.321 e. The van der Waals surface area contributed by atoms with Gasteiger partial charge in [-0.3, -0.25) is 4.79 Å². The standard InChI is InChI=1S/C25H33N3O2/c1-18(2)17-20-9-11-21(12-10-20)19(3)26-24(29)22-13-15-28(16-14-22)25(30)27-23-7-5-4-6-8-23/h4-12,18-19,22H,13-17H2,1-3H3,(H,26,29)(H,27,30). The molecule has 1 fully saturated rings. The molecule has 1 atom stereocenters. The van der Waals surface area contributed by atoms with Crippen LogP contribution in [0, 0.1) is 11.8 Å². The van der Waals surface area contributed by atoms with Gasteiger partial charge in [-0.25, -0.2) is 4.79 Å². The lowest BCUT2D eigenvalue weighted by Crippen LogP contribution is -2.44. The first-order valence-corrected chi connectivity index (χ1v) is 10.9. The molecule has 0 bridgehead atoms. The quantitative estimate of drug-likeness (QED) is 0.707. The second kappa shape index (κ2) is 10.3. The second-order valence-electron chi connectivity index (χ2n) is 8.63. The monoisotopic (exact) mass is 407 g/mol. The van der Waals surface area contributed by atoms with Gasteiger partial charge < -0.3 is 15.5 Å². The summed E-state index contributed by atoms with van der Waals surface area (Å²) in [5.41, 5.74) is 3.24. The Morgan fingerprint density at radius 2 is 1.60 bits per heavy atom. The zero-order chi connectivity index (χ0) is 21.5. The van der Waals surface area contributed by atoms with Gasteiger partial charge in [0.25, 0.3) is 0 Å². The van der Waals surface area contributed by atoms with Crippen molar-refractivity contribution in [1.82, 2.24) is 10.2 Å². The minimum absolute atomic E-state index is 0.0231. The van der Waals surface area contributed by atoms with Crippen LogP contribution in [0.25, 0.3) is 0 Å². The largest absolute Gasteiger partial charge is 0.349 e. The van der Waals surface area contributed by atoms with E-state index in [9.17, 15) is 9.59 Å². The third kappa shape index (κ3) is 6.09. The van der Waals surface area contributed by atoms with Gasteiger partial charge in [-0.15, -0.1) is 0 Å². The minimum Gasteiger partial charge on any atom is -0.349 e. The van der Waals surface area contributed by atoms with Gasteiger partial charge in [0.05, 0.1) is 6.04 Å². The summed E-state index contributed by atoms with van der Waals surface area (Å²) < 4.78 is 0. The number of urea groups is 1. The average molecular weight is 408 g/mol. The van der Waals surface area contributed by atoms with Crippen molar-refractivity contribution < 1.29 is 9.59 Å². The predicted molar refractivity (Wildman–Crippen MR) is 121 cm³/mol. The summed E-state index contributed by atoms with van der Waals surface area (Å²) in [6, 6.07) is 17.9. The SMILES string of the molecule is CC(C)Cc1ccc(C(C)NC(=O)C2CCN(C(=O)Nc3ccccc3)CC2)cc1. The molecule has 0 aliphatic carbocycles. The van der Waals surface area contributed by atoms with Gasteiger partial charge in [-0.1, -0.05) is 56.3 Å². The summed E-state index contributed by atoms with van der Waals surface area (Å²) in [5, 5.41) is 6.06. The maximum Gasteiger partial charge on any atom is 0.321 e. The van der Waals surface area contributed by atoms with E-state index in [0.29, 0.717) is 31.8 Å². The first-order chi connectivity index (χ1) is 14.4. The van der Waals surface area contributed by atoms with Gasteiger partial charge in [-0.2, -0.15) is 0 Å². The van der Waals surface area contributed by atoms with Gasteiger partial charge in [0.2, 0.25) is 5.91 Å². The van der Waals surface area contributed by atoms with Crippen LogP contribution in [-0.2, 0) is 11.2 Å². The van der Waals surface area contributed by atoms with E-state index in [1.165, 1.54) is 5.56 Å². The van der Waals surface area contributed by atoms with Crippen molar-refractivity contribution in [3.8, 4) is 0 Å². The van der Waals surface area contributed by atoms with Crippen LogP contribution >= 0.6 is 0 Å². The van der Waals surface area contributed by atoms with E-state index in [1.54, 1.807) is 4.90 Å². The lowest BCUT2D eigenvalue weighted by molar-refractivity contribution is -0.126. The van der Waals surface area contributed by atoms with E-state index < -0.39 is 0 Å². The van der Waals surface area contributed by atoms with Crippen LogP contribution in [0.4, 0.5) is 10.5 Å². The van der Waals surface area contributed by atoms with Gasteiger partial charge in [-0.05, 0) is 55.4 Å². The normalized spacial score (nSPS) is 15.7. The maximum atomic E-state index is 12.7. The Hall–Kier alpha value is -2.82. The molecule has 30 heavy (non-hydrogen) atoms. The predicted octanol–water partition coefficient (Wildman–Crippen LogP) is 5.01. The molecule has 2 aromatic carbocycles. The third-order valence-electron chi connectivity index (χ3n) is 5.66. The average Bonchev–Trinajstić information content (AvgIpc) is 2.74. The lowest BCUT2D eigenvalue weighted by Gasteiger charge is -2.32. The van der Waals surface area contributed by atoms with E-state index >= 15 is 0 Å². The van der Waals surface area contributed by atoms with Crippen molar-refractivity contribution in [2.75, 3.05) is 18.4 Å². The summed E-state index contributed by atoms with van der Waals surface area (Å²) >= 11 is 0. The van der Waals surface area contributed by atoms with Crippen LogP contribution in [0.5, 0.6) is 0 Å². The highest BCUT2D eigenvalue weighted by molar-refractivity contribution is 5.89. The molecule has 0 radical (unpaired) electrons. The zero-order valence-corrected chi connectivity index (χ0v) is 18.2. The molecule has 1 aliphatic heterocycles. The Labute approximate surface area is 179 Å². The summed E-state index contributed by atoms with van der Waals surface area (Å²) in [6.45, 7) is 7.64. The van der Waals surface area contributed by atoms with Crippen LogP contribution in [-0.4, -0.2) is 29.9 Å². The Morgan fingerprint density at radius 3 is 2.20 bits per heavy atom. The fraction of sp³-hybridized carbons (Fsp3) is 0.440. The summed E-state index contributed by atoms with van der Waals surface area (Å²) in [6.07, 6.45) is 2.44. The first-order valence-electron chi connectivity index (χ1n) is 10.9. The van der Waals surface area contributed by atoms with Gasteiger partial charge >= 0.3 is 6.03 Å². The Morgan fingerprint density at radius 1 is 0.967 bits per heavy atom. The molecule has 1 heterocycles. The molecular weight excluding hydrogens is 374 g/mol. The van der Waals surface area contributed by atoms with Crippen molar-refractivity contribution in [1.29, 1.82) is 0 Å². The molecule has 0 spiro atoms. The van der Waals surface area contributed by atoms with Crippen LogP contribution in [0.2, 0.25) is 0 Å². The molecule has 1 aliphatic rings. The third-order valence-corrected chi connectivity index (χ3v) is 5.66. The van der Waals surface area contributed by atoms with Gasteiger partial charge in [0.15, 0.2) is 0 Å². The Balaban J connectivity index is 1.46. The molecule has 1 saturated heterocycles. The number of para-hydroxylation sites is 1. The summed E-state index contributed by atoms with van der Waals surface area (Å²) in [4.78, 5) is 26.9. The molecular formula is C25H33N3O2. The molecule has 1 unspecified atom stereocenters. The molecule has 3 rings (SSSR count). The van der Waals surface area contributed by atoms with Crippen LogP contribution < -0.4 is 10.6 Å². The molecule has 5 nitrogen and oxygen atoms in total. The van der Waals surface area contributed by atoms with Crippen LogP contribution in [0.3, 0.4) is 0 Å². The van der Waals surface area contributed by atoms with E-state index in [2.05, 4.69) is 48.7 Å². The highest BCUT2D eigenvalue weighted by Crippen LogP contribution is 2.21. The summed E-state index contributed by atoms with van der Waals surface area (Å²) in [5.74, 6) is 0.666. The van der Waals surface area contributed by atoms with Crippen LogP contribution in [0.15, 0.2) is 54.6 Å². The van der Waals surface area contributed by atoms with Crippen LogP contribution in [0.1, 0.15) is 50.8 Å². The van der Waals surface area contributed by atoms with Crippen molar-refractivity contribution in [3.63, 3.8) is 0 Å². The maximum absolute atomic E-state index is 12.7. The molecule has 0 saturated carbocycles. The fourth-order valence-electron chi connectivity index (χ4n) is 3.90. The number of hydrogen-bond donors (Lipinski definition) is 2. The highest BCUT2D eigenvalue weighted by atomic mass is 16.2. The van der Waals surface area contributed by atoms with Crippen molar-refractivity contribution in [2.24, 2.45) is 11.8 Å². The molecule has 0 aromatic heterocycles. The minimum atomic E-state index is -0.102. The fourth-order valence-corrected chi connectivity index (χ4v) is 3.90. The second-order valence-corrected chi connectivity index (χ2v) is 8.63.